The van der Waals surface area contributed by atoms with Crippen LogP contribution in [0.2, 0.25) is 0 Å². The molecule has 1 aliphatic rings. The van der Waals surface area contributed by atoms with Gasteiger partial charge in [-0.1, -0.05) is 54.6 Å². The highest BCUT2D eigenvalue weighted by atomic mass is 32.2. The summed E-state index contributed by atoms with van der Waals surface area (Å²) in [4.78, 5) is 2.46. The predicted molar refractivity (Wildman–Crippen MR) is 131 cm³/mol. The van der Waals surface area contributed by atoms with Crippen molar-refractivity contribution in [2.45, 2.75) is 15.4 Å². The van der Waals surface area contributed by atoms with E-state index in [-0.39, 0.29) is 0 Å². The Hall–Kier alpha value is -2.62. The lowest BCUT2D eigenvalue weighted by Crippen LogP contribution is -2.34. The van der Waals surface area contributed by atoms with Crippen LogP contribution in [0, 0.1) is 0 Å². The summed E-state index contributed by atoms with van der Waals surface area (Å²) in [6, 6.07) is 30.1. The van der Waals surface area contributed by atoms with Crippen molar-refractivity contribution >= 4 is 40.4 Å². The standard InChI is InChI=1S/C27H22OS2/c1-29-22-10-5-8-20(17-22)27(21-9-6-11-23(18-21)30-2)16-15-25-24-12-4-3-7-19(24)13-14-26(25)28-27/h3-18H,1-2H3. The second kappa shape index (κ2) is 7.90. The van der Waals surface area contributed by atoms with Crippen molar-refractivity contribution in [1.82, 2.24) is 0 Å². The Balaban J connectivity index is 1.74. The minimum atomic E-state index is -0.660. The minimum absolute atomic E-state index is 0.660. The maximum Gasteiger partial charge on any atom is 0.178 e. The van der Waals surface area contributed by atoms with Crippen molar-refractivity contribution in [3.8, 4) is 5.75 Å². The second-order valence-electron chi connectivity index (χ2n) is 7.33. The van der Waals surface area contributed by atoms with E-state index in [4.69, 9.17) is 4.74 Å². The van der Waals surface area contributed by atoms with Crippen molar-refractivity contribution in [3.05, 3.63) is 108 Å². The molecule has 0 fully saturated rings. The molecule has 0 bridgehead atoms. The Kier molecular flexibility index (Phi) is 5.10. The van der Waals surface area contributed by atoms with Crippen molar-refractivity contribution < 1.29 is 4.74 Å². The highest BCUT2D eigenvalue weighted by Gasteiger charge is 2.37. The van der Waals surface area contributed by atoms with Gasteiger partial charge in [-0.15, -0.1) is 23.5 Å². The highest BCUT2D eigenvalue weighted by molar-refractivity contribution is 7.98. The van der Waals surface area contributed by atoms with Crippen LogP contribution in [0.25, 0.3) is 16.8 Å². The fourth-order valence-corrected chi connectivity index (χ4v) is 5.05. The molecule has 0 unspecified atom stereocenters. The number of thioether (sulfide) groups is 2. The lowest BCUT2D eigenvalue weighted by molar-refractivity contribution is 0.161. The number of ether oxygens (including phenoxy) is 1. The van der Waals surface area contributed by atoms with Gasteiger partial charge in [0.25, 0.3) is 0 Å². The normalized spacial score (nSPS) is 14.3. The Morgan fingerprint density at radius 2 is 1.37 bits per heavy atom. The van der Waals surface area contributed by atoms with Crippen molar-refractivity contribution in [3.63, 3.8) is 0 Å². The Morgan fingerprint density at radius 1 is 0.700 bits per heavy atom. The molecule has 148 valence electrons. The number of fused-ring (bicyclic) bond motifs is 3. The molecule has 0 spiro atoms. The van der Waals surface area contributed by atoms with Gasteiger partial charge in [0.1, 0.15) is 5.75 Å². The van der Waals surface area contributed by atoms with E-state index in [0.29, 0.717) is 0 Å². The molecule has 1 heterocycles. The molecule has 0 atom stereocenters. The molecule has 0 radical (unpaired) electrons. The van der Waals surface area contributed by atoms with E-state index in [9.17, 15) is 0 Å². The third kappa shape index (κ3) is 3.23. The van der Waals surface area contributed by atoms with Gasteiger partial charge in [-0.2, -0.15) is 0 Å². The third-order valence-corrected chi connectivity index (χ3v) is 7.13. The molecule has 1 nitrogen and oxygen atoms in total. The summed E-state index contributed by atoms with van der Waals surface area (Å²) in [5.74, 6) is 0.917. The molecule has 0 N–H and O–H groups in total. The lowest BCUT2D eigenvalue weighted by atomic mass is 9.83. The molecule has 0 aliphatic carbocycles. The van der Waals surface area contributed by atoms with Crippen LogP contribution in [0.4, 0.5) is 0 Å². The van der Waals surface area contributed by atoms with Crippen LogP contribution < -0.4 is 4.74 Å². The maximum absolute atomic E-state index is 6.89. The average Bonchev–Trinajstić information content (AvgIpc) is 2.83. The zero-order valence-electron chi connectivity index (χ0n) is 17.0. The van der Waals surface area contributed by atoms with E-state index >= 15 is 0 Å². The summed E-state index contributed by atoms with van der Waals surface area (Å²) in [6.45, 7) is 0. The van der Waals surface area contributed by atoms with E-state index in [1.165, 1.54) is 20.6 Å². The average molecular weight is 427 g/mol. The van der Waals surface area contributed by atoms with Crippen molar-refractivity contribution in [2.24, 2.45) is 0 Å². The summed E-state index contributed by atoms with van der Waals surface area (Å²) in [6.07, 6.45) is 8.68. The Bertz CT molecular complexity index is 1210. The van der Waals surface area contributed by atoms with Gasteiger partial charge >= 0.3 is 0 Å². The summed E-state index contributed by atoms with van der Waals surface area (Å²) >= 11 is 3.50. The molecule has 0 amide bonds. The number of benzene rings is 4. The van der Waals surface area contributed by atoms with Gasteiger partial charge in [0.15, 0.2) is 5.60 Å². The first-order chi connectivity index (χ1) is 14.7. The first kappa shape index (κ1) is 19.3. The molecular formula is C27H22OS2. The molecular weight excluding hydrogens is 404 g/mol. The van der Waals surface area contributed by atoms with Gasteiger partial charge in [-0.3, -0.25) is 0 Å². The number of hydrogen-bond acceptors (Lipinski definition) is 3. The third-order valence-electron chi connectivity index (χ3n) is 5.68. The van der Waals surface area contributed by atoms with E-state index in [2.05, 4.69) is 110 Å². The molecule has 3 heteroatoms. The first-order valence-corrected chi connectivity index (χ1v) is 12.4. The number of rotatable bonds is 4. The Labute approximate surface area is 186 Å². The minimum Gasteiger partial charge on any atom is -0.473 e. The van der Waals surface area contributed by atoms with E-state index < -0.39 is 5.60 Å². The molecule has 0 saturated heterocycles. The summed E-state index contributed by atoms with van der Waals surface area (Å²) in [5, 5.41) is 2.45. The van der Waals surface area contributed by atoms with Crippen LogP contribution in [-0.2, 0) is 5.60 Å². The number of hydrogen-bond donors (Lipinski definition) is 0. The fraction of sp³-hybridized carbons (Fsp3) is 0.111. The molecule has 0 aromatic heterocycles. The molecule has 5 rings (SSSR count). The van der Waals surface area contributed by atoms with Crippen LogP contribution >= 0.6 is 23.5 Å². The van der Waals surface area contributed by atoms with Gasteiger partial charge in [0.2, 0.25) is 0 Å². The van der Waals surface area contributed by atoms with Gasteiger partial charge in [-0.05, 0) is 65.8 Å². The monoisotopic (exact) mass is 426 g/mol. The summed E-state index contributed by atoms with van der Waals surface area (Å²) in [7, 11) is 0. The van der Waals surface area contributed by atoms with Gasteiger partial charge in [0.05, 0.1) is 0 Å². The summed E-state index contributed by atoms with van der Waals surface area (Å²) < 4.78 is 6.89. The maximum atomic E-state index is 6.89. The molecule has 1 aliphatic heterocycles. The van der Waals surface area contributed by atoms with Gasteiger partial charge in [0, 0.05) is 26.5 Å². The molecule has 4 aromatic rings. The zero-order valence-corrected chi connectivity index (χ0v) is 18.6. The predicted octanol–water partition coefficient (Wildman–Crippen LogP) is 7.63. The van der Waals surface area contributed by atoms with Crippen LogP contribution in [-0.4, -0.2) is 12.5 Å². The highest BCUT2D eigenvalue weighted by Crippen LogP contribution is 2.45. The second-order valence-corrected chi connectivity index (χ2v) is 9.09. The van der Waals surface area contributed by atoms with Gasteiger partial charge < -0.3 is 4.74 Å². The zero-order chi connectivity index (χ0) is 20.6. The largest absolute Gasteiger partial charge is 0.473 e. The van der Waals surface area contributed by atoms with Crippen LogP contribution in [0.3, 0.4) is 0 Å². The SMILES string of the molecule is CSc1cccc(C2(c3cccc(SC)c3)C=Cc3c(ccc4ccccc34)O2)c1. The van der Waals surface area contributed by atoms with Gasteiger partial charge in [-0.25, -0.2) is 0 Å². The smallest absolute Gasteiger partial charge is 0.178 e. The van der Waals surface area contributed by atoms with Crippen LogP contribution in [0.5, 0.6) is 5.75 Å². The topological polar surface area (TPSA) is 9.23 Å². The molecule has 30 heavy (non-hydrogen) atoms. The summed E-state index contributed by atoms with van der Waals surface area (Å²) in [5.41, 5.74) is 2.77. The molecule has 4 aromatic carbocycles. The van der Waals surface area contributed by atoms with Crippen molar-refractivity contribution in [1.29, 1.82) is 0 Å². The van der Waals surface area contributed by atoms with Crippen molar-refractivity contribution in [2.75, 3.05) is 12.5 Å². The van der Waals surface area contributed by atoms with E-state index in [1.54, 1.807) is 23.5 Å². The molecule has 0 saturated carbocycles. The van der Waals surface area contributed by atoms with Crippen LogP contribution in [0.1, 0.15) is 16.7 Å². The first-order valence-electron chi connectivity index (χ1n) is 9.92. The Morgan fingerprint density at radius 3 is 2.03 bits per heavy atom. The van der Waals surface area contributed by atoms with E-state index in [1.807, 2.05) is 0 Å². The fourth-order valence-electron chi connectivity index (χ4n) is 4.13. The van der Waals surface area contributed by atoms with E-state index in [0.717, 1.165) is 22.4 Å². The van der Waals surface area contributed by atoms with Crippen LogP contribution in [0.15, 0.2) is 101 Å². The quantitative estimate of drug-likeness (QED) is 0.310. The lowest BCUT2D eigenvalue weighted by Gasteiger charge is -2.36.